The third kappa shape index (κ3) is 2.21. The molecule has 1 N–H and O–H groups in total. The maximum absolute atomic E-state index is 11.1. The van der Waals surface area contributed by atoms with E-state index in [0.29, 0.717) is 6.42 Å². The summed E-state index contributed by atoms with van der Waals surface area (Å²) < 4.78 is 0. The average Bonchev–Trinajstić information content (AvgIpc) is 2.70. The second-order valence-electron chi connectivity index (χ2n) is 3.43. The van der Waals surface area contributed by atoms with Gasteiger partial charge in [0.05, 0.1) is 0 Å². The Hall–Kier alpha value is -0.530. The van der Waals surface area contributed by atoms with Crippen LogP contribution in [0.2, 0.25) is 0 Å². The lowest BCUT2D eigenvalue weighted by Gasteiger charge is -2.14. The predicted octanol–water partition coefficient (Wildman–Crippen LogP) is 1.85. The highest BCUT2D eigenvalue weighted by atomic mass is 16.1. The molecule has 2 nitrogen and oxygen atoms in total. The van der Waals surface area contributed by atoms with Crippen LogP contribution in [0, 0.1) is 0 Å². The first-order valence-electron chi connectivity index (χ1n) is 4.53. The highest BCUT2D eigenvalue weighted by Crippen LogP contribution is 2.38. The van der Waals surface area contributed by atoms with Gasteiger partial charge in [-0.25, -0.2) is 0 Å². The number of nitrogens with one attached hydrogen (secondary N) is 1. The van der Waals surface area contributed by atoms with E-state index in [0.717, 1.165) is 12.8 Å². The minimum absolute atomic E-state index is 0.215. The zero-order valence-corrected chi connectivity index (χ0v) is 7.44. The Morgan fingerprint density at radius 2 is 2.09 bits per heavy atom. The van der Waals surface area contributed by atoms with Gasteiger partial charge in [0.15, 0.2) is 0 Å². The van der Waals surface area contributed by atoms with E-state index in [9.17, 15) is 4.79 Å². The molecule has 1 rings (SSSR count). The third-order valence-corrected chi connectivity index (χ3v) is 2.41. The van der Waals surface area contributed by atoms with Crippen molar-refractivity contribution in [1.82, 2.24) is 5.32 Å². The van der Waals surface area contributed by atoms with Crippen molar-refractivity contribution >= 4 is 5.91 Å². The summed E-state index contributed by atoms with van der Waals surface area (Å²) in [5.41, 5.74) is 0.215. The monoisotopic (exact) mass is 155 g/mol. The molecule has 0 aliphatic heterocycles. The van der Waals surface area contributed by atoms with Gasteiger partial charge in [0.2, 0.25) is 5.91 Å². The molecule has 0 saturated heterocycles. The molecule has 11 heavy (non-hydrogen) atoms. The molecule has 0 aromatic carbocycles. The molecular weight excluding hydrogens is 138 g/mol. The topological polar surface area (TPSA) is 29.1 Å². The van der Waals surface area contributed by atoms with E-state index in [2.05, 4.69) is 12.2 Å². The fourth-order valence-electron chi connectivity index (χ4n) is 1.30. The second-order valence-corrected chi connectivity index (χ2v) is 3.43. The van der Waals surface area contributed by atoms with Crippen LogP contribution in [0.3, 0.4) is 0 Å². The lowest BCUT2D eigenvalue weighted by atomic mass is 10.2. The molecule has 0 aromatic heterocycles. The van der Waals surface area contributed by atoms with Gasteiger partial charge in [-0.1, -0.05) is 13.8 Å². The van der Waals surface area contributed by atoms with Crippen LogP contribution in [0.1, 0.15) is 46.0 Å². The third-order valence-electron chi connectivity index (χ3n) is 2.41. The van der Waals surface area contributed by atoms with Crippen molar-refractivity contribution in [2.75, 3.05) is 0 Å². The van der Waals surface area contributed by atoms with Crippen molar-refractivity contribution in [3.63, 3.8) is 0 Å². The minimum atomic E-state index is 0.215. The Balaban J connectivity index is 2.24. The number of rotatable bonds is 4. The number of carbonyl (C=O) groups excluding carboxylic acids is 1. The molecule has 0 spiro atoms. The van der Waals surface area contributed by atoms with Crippen LogP contribution in [0.4, 0.5) is 0 Å². The van der Waals surface area contributed by atoms with E-state index >= 15 is 0 Å². The van der Waals surface area contributed by atoms with Gasteiger partial charge in [-0.3, -0.25) is 4.79 Å². The number of amides is 1. The van der Waals surface area contributed by atoms with Crippen molar-refractivity contribution < 1.29 is 4.79 Å². The molecule has 1 saturated carbocycles. The molecule has 0 atom stereocenters. The van der Waals surface area contributed by atoms with Gasteiger partial charge in [-0.05, 0) is 25.7 Å². The Bertz CT molecular complexity index is 150. The largest absolute Gasteiger partial charge is 0.351 e. The highest BCUT2D eigenvalue weighted by Gasteiger charge is 2.41. The fourth-order valence-corrected chi connectivity index (χ4v) is 1.30. The summed E-state index contributed by atoms with van der Waals surface area (Å²) in [4.78, 5) is 11.1. The van der Waals surface area contributed by atoms with Crippen molar-refractivity contribution in [2.24, 2.45) is 0 Å². The molecule has 0 bridgehead atoms. The number of hydrogen-bond donors (Lipinski definition) is 1. The normalized spacial score (nSPS) is 19.5. The van der Waals surface area contributed by atoms with Crippen molar-refractivity contribution in [3.8, 4) is 0 Å². The molecular formula is C9H17NO. The summed E-state index contributed by atoms with van der Waals surface area (Å²) in [6.07, 6.45) is 5.08. The van der Waals surface area contributed by atoms with Gasteiger partial charge in [0, 0.05) is 12.0 Å². The van der Waals surface area contributed by atoms with Gasteiger partial charge in [-0.2, -0.15) is 0 Å². The van der Waals surface area contributed by atoms with Crippen LogP contribution in [0.5, 0.6) is 0 Å². The van der Waals surface area contributed by atoms with Crippen LogP contribution >= 0.6 is 0 Å². The zero-order valence-electron chi connectivity index (χ0n) is 7.44. The van der Waals surface area contributed by atoms with Gasteiger partial charge >= 0.3 is 0 Å². The average molecular weight is 155 g/mol. The van der Waals surface area contributed by atoms with E-state index in [1.165, 1.54) is 12.8 Å². The Morgan fingerprint density at radius 1 is 1.45 bits per heavy atom. The van der Waals surface area contributed by atoms with Crippen LogP contribution in [-0.2, 0) is 4.79 Å². The molecule has 64 valence electrons. The quantitative estimate of drug-likeness (QED) is 0.659. The predicted molar refractivity (Wildman–Crippen MR) is 45.3 cm³/mol. The van der Waals surface area contributed by atoms with Gasteiger partial charge < -0.3 is 5.32 Å². The van der Waals surface area contributed by atoms with Crippen LogP contribution in [0.15, 0.2) is 0 Å². The summed E-state index contributed by atoms with van der Waals surface area (Å²) in [6, 6.07) is 0. The second kappa shape index (κ2) is 3.24. The van der Waals surface area contributed by atoms with Crippen molar-refractivity contribution in [3.05, 3.63) is 0 Å². The van der Waals surface area contributed by atoms with Crippen molar-refractivity contribution in [2.45, 2.75) is 51.5 Å². The summed E-state index contributed by atoms with van der Waals surface area (Å²) in [5.74, 6) is 0.229. The lowest BCUT2D eigenvalue weighted by Crippen LogP contribution is -2.35. The first-order chi connectivity index (χ1) is 5.22. The molecule has 1 aliphatic rings. The van der Waals surface area contributed by atoms with E-state index in [1.807, 2.05) is 6.92 Å². The summed E-state index contributed by atoms with van der Waals surface area (Å²) in [5, 5.41) is 3.08. The summed E-state index contributed by atoms with van der Waals surface area (Å²) >= 11 is 0. The summed E-state index contributed by atoms with van der Waals surface area (Å²) in [7, 11) is 0. The first-order valence-corrected chi connectivity index (χ1v) is 4.53. The zero-order chi connectivity index (χ0) is 8.32. The van der Waals surface area contributed by atoms with Gasteiger partial charge in [0.1, 0.15) is 0 Å². The minimum Gasteiger partial charge on any atom is -0.351 e. The van der Waals surface area contributed by atoms with E-state index in [1.54, 1.807) is 0 Å². The lowest BCUT2D eigenvalue weighted by molar-refractivity contribution is -0.122. The van der Waals surface area contributed by atoms with Gasteiger partial charge in [0.25, 0.3) is 0 Å². The SMILES string of the molecule is CCCC(=O)NC1(CC)CC1. The molecule has 0 radical (unpaired) electrons. The maximum Gasteiger partial charge on any atom is 0.220 e. The number of hydrogen-bond acceptors (Lipinski definition) is 1. The standard InChI is InChI=1S/C9H17NO/c1-3-5-8(11)10-9(4-2)6-7-9/h3-7H2,1-2H3,(H,10,11). The van der Waals surface area contributed by atoms with Crippen LogP contribution in [-0.4, -0.2) is 11.4 Å². The van der Waals surface area contributed by atoms with Gasteiger partial charge in [-0.15, -0.1) is 0 Å². The Labute approximate surface area is 68.4 Å². The van der Waals surface area contributed by atoms with Crippen molar-refractivity contribution in [1.29, 1.82) is 0 Å². The maximum atomic E-state index is 11.1. The molecule has 2 heteroatoms. The summed E-state index contributed by atoms with van der Waals surface area (Å²) in [6.45, 7) is 4.17. The number of carbonyl (C=O) groups is 1. The molecule has 1 fully saturated rings. The van der Waals surface area contributed by atoms with E-state index in [-0.39, 0.29) is 11.4 Å². The van der Waals surface area contributed by atoms with Crippen LogP contribution < -0.4 is 5.32 Å². The highest BCUT2D eigenvalue weighted by molar-refractivity contribution is 5.77. The fraction of sp³-hybridized carbons (Fsp3) is 0.889. The molecule has 0 aromatic rings. The smallest absolute Gasteiger partial charge is 0.220 e. The molecule has 0 unspecified atom stereocenters. The van der Waals surface area contributed by atoms with Crippen LogP contribution in [0.25, 0.3) is 0 Å². The molecule has 1 aliphatic carbocycles. The first kappa shape index (κ1) is 8.57. The van der Waals surface area contributed by atoms with E-state index < -0.39 is 0 Å². The molecule has 0 heterocycles. The Morgan fingerprint density at radius 3 is 2.45 bits per heavy atom. The molecule has 1 amide bonds. The Kier molecular flexibility index (Phi) is 2.53. The van der Waals surface area contributed by atoms with E-state index in [4.69, 9.17) is 0 Å².